The van der Waals surface area contributed by atoms with Crippen molar-refractivity contribution in [2.75, 3.05) is 12.3 Å². The van der Waals surface area contributed by atoms with Crippen LogP contribution >= 0.6 is 0 Å². The van der Waals surface area contributed by atoms with Crippen molar-refractivity contribution in [3.8, 4) is 5.69 Å². The molecule has 0 spiro atoms. The summed E-state index contributed by atoms with van der Waals surface area (Å²) < 4.78 is 8.43. The van der Waals surface area contributed by atoms with Gasteiger partial charge in [0.2, 0.25) is 5.78 Å². The molecule has 0 unspecified atom stereocenters. The summed E-state index contributed by atoms with van der Waals surface area (Å²) in [7, 11) is 1.26. The molecule has 0 aliphatic carbocycles. The number of benzene rings is 1. The standard InChI is InChI=1S/C19H21N7O5/c1-11(2)8-25-16(20)15(17(28)24(3)19(25)30)14(27)9-31-18(29)12-4-6-13(7-5-12)26-10-21-22-23-26/h4-7,10-11H,8-9,20H2,1-3H3. The largest absolute Gasteiger partial charge is 0.454 e. The fraction of sp³-hybridized carbons (Fsp3) is 0.316. The van der Waals surface area contributed by atoms with Gasteiger partial charge >= 0.3 is 11.7 Å². The second-order valence-corrected chi connectivity index (χ2v) is 7.21. The first-order valence-corrected chi connectivity index (χ1v) is 9.33. The predicted molar refractivity (Wildman–Crippen MR) is 109 cm³/mol. The Kier molecular flexibility index (Phi) is 6.09. The van der Waals surface area contributed by atoms with Crippen LogP contribution in [-0.2, 0) is 18.3 Å². The van der Waals surface area contributed by atoms with E-state index in [0.717, 1.165) is 4.57 Å². The molecule has 0 amide bonds. The minimum atomic E-state index is -0.839. The van der Waals surface area contributed by atoms with Gasteiger partial charge < -0.3 is 10.5 Å². The van der Waals surface area contributed by atoms with Gasteiger partial charge in [0.05, 0.1) is 11.3 Å². The summed E-state index contributed by atoms with van der Waals surface area (Å²) in [6.45, 7) is 3.26. The van der Waals surface area contributed by atoms with Crippen molar-refractivity contribution in [1.29, 1.82) is 0 Å². The van der Waals surface area contributed by atoms with Gasteiger partial charge in [-0.25, -0.2) is 14.3 Å². The lowest BCUT2D eigenvalue weighted by atomic mass is 10.1. The number of hydrogen-bond donors (Lipinski definition) is 1. The number of esters is 1. The third-order valence-corrected chi connectivity index (χ3v) is 4.46. The molecule has 1 aromatic carbocycles. The number of tetrazole rings is 1. The molecule has 0 fully saturated rings. The lowest BCUT2D eigenvalue weighted by Gasteiger charge is -2.16. The number of anilines is 1. The van der Waals surface area contributed by atoms with Gasteiger partial charge in [-0.05, 0) is 40.6 Å². The van der Waals surface area contributed by atoms with Gasteiger partial charge in [-0.2, -0.15) is 0 Å². The number of ketones is 1. The highest BCUT2D eigenvalue weighted by Gasteiger charge is 2.23. The van der Waals surface area contributed by atoms with Gasteiger partial charge in [0.1, 0.15) is 17.7 Å². The average molecular weight is 427 g/mol. The number of hydrogen-bond acceptors (Lipinski definition) is 9. The normalized spacial score (nSPS) is 11.0. The SMILES string of the molecule is CC(C)Cn1c(N)c(C(=O)COC(=O)c2ccc(-n3cnnn3)cc2)c(=O)n(C)c1=O. The molecule has 12 nitrogen and oxygen atoms in total. The summed E-state index contributed by atoms with van der Waals surface area (Å²) in [6, 6.07) is 6.18. The topological polar surface area (TPSA) is 157 Å². The summed E-state index contributed by atoms with van der Waals surface area (Å²) >= 11 is 0. The number of carbonyl (C=O) groups is 2. The van der Waals surface area contributed by atoms with Gasteiger partial charge in [-0.3, -0.25) is 18.7 Å². The van der Waals surface area contributed by atoms with Crippen molar-refractivity contribution in [3.05, 3.63) is 62.6 Å². The monoisotopic (exact) mass is 427 g/mol. The molecule has 0 aliphatic heterocycles. The zero-order valence-electron chi connectivity index (χ0n) is 17.2. The molecule has 3 aromatic rings. The third kappa shape index (κ3) is 4.42. The van der Waals surface area contributed by atoms with Crippen LogP contribution in [0.5, 0.6) is 0 Å². The second-order valence-electron chi connectivity index (χ2n) is 7.21. The van der Waals surface area contributed by atoms with Gasteiger partial charge in [-0.15, -0.1) is 5.10 Å². The fourth-order valence-electron chi connectivity index (χ4n) is 2.90. The maximum absolute atomic E-state index is 12.6. The molecule has 2 N–H and O–H groups in total. The summed E-state index contributed by atoms with van der Waals surface area (Å²) in [5, 5.41) is 10.8. The molecular formula is C19H21N7O5. The molecule has 162 valence electrons. The first kappa shape index (κ1) is 21.6. The van der Waals surface area contributed by atoms with E-state index >= 15 is 0 Å². The van der Waals surface area contributed by atoms with Gasteiger partial charge in [-0.1, -0.05) is 13.8 Å². The van der Waals surface area contributed by atoms with E-state index in [0.29, 0.717) is 5.69 Å². The molecule has 0 radical (unpaired) electrons. The fourth-order valence-corrected chi connectivity index (χ4v) is 2.90. The molecule has 2 heterocycles. The number of nitrogens with zero attached hydrogens (tertiary/aromatic N) is 6. The molecule has 0 aliphatic rings. The molecule has 0 saturated heterocycles. The van der Waals surface area contributed by atoms with E-state index in [-0.39, 0.29) is 29.4 Å². The molecule has 0 atom stereocenters. The van der Waals surface area contributed by atoms with Crippen LogP contribution in [0.1, 0.15) is 34.6 Å². The van der Waals surface area contributed by atoms with Crippen molar-refractivity contribution < 1.29 is 14.3 Å². The quantitative estimate of drug-likeness (QED) is 0.398. The first-order valence-electron chi connectivity index (χ1n) is 9.33. The highest BCUT2D eigenvalue weighted by atomic mass is 16.5. The van der Waals surface area contributed by atoms with Gasteiger partial charge in [0.15, 0.2) is 6.61 Å². The minimum absolute atomic E-state index is 0.0505. The van der Waals surface area contributed by atoms with Crippen molar-refractivity contribution in [3.63, 3.8) is 0 Å². The van der Waals surface area contributed by atoms with E-state index < -0.39 is 29.6 Å². The van der Waals surface area contributed by atoms with Gasteiger partial charge in [0, 0.05) is 13.6 Å². The highest BCUT2D eigenvalue weighted by Crippen LogP contribution is 2.11. The number of aromatic nitrogens is 6. The maximum atomic E-state index is 12.6. The zero-order chi connectivity index (χ0) is 22.7. The number of nitrogen functional groups attached to an aromatic ring is 1. The maximum Gasteiger partial charge on any atom is 0.338 e. The van der Waals surface area contributed by atoms with E-state index in [1.807, 2.05) is 13.8 Å². The Hall–Kier alpha value is -4.09. The first-order chi connectivity index (χ1) is 14.7. The predicted octanol–water partition coefficient (Wildman–Crippen LogP) is -0.199. The summed E-state index contributed by atoms with van der Waals surface area (Å²) in [5.74, 6) is -1.75. The second kappa shape index (κ2) is 8.73. The van der Waals surface area contributed by atoms with Crippen LogP contribution in [-0.4, -0.2) is 47.7 Å². The van der Waals surface area contributed by atoms with E-state index in [9.17, 15) is 19.2 Å². The molecule has 0 saturated carbocycles. The molecule has 12 heteroatoms. The Morgan fingerprint density at radius 2 is 1.84 bits per heavy atom. The van der Waals surface area contributed by atoms with Crippen molar-refractivity contribution in [1.82, 2.24) is 29.3 Å². The smallest absolute Gasteiger partial charge is 0.338 e. The van der Waals surface area contributed by atoms with E-state index in [2.05, 4.69) is 15.5 Å². The summed E-state index contributed by atoms with van der Waals surface area (Å²) in [4.78, 5) is 49.7. The Labute approximate surface area is 175 Å². The van der Waals surface area contributed by atoms with Crippen LogP contribution in [0.15, 0.2) is 40.2 Å². The number of carbonyl (C=O) groups excluding carboxylic acids is 2. The lowest BCUT2D eigenvalue weighted by molar-refractivity contribution is 0.0474. The minimum Gasteiger partial charge on any atom is -0.454 e. The van der Waals surface area contributed by atoms with Crippen LogP contribution in [0.25, 0.3) is 5.69 Å². The molecule has 0 bridgehead atoms. The third-order valence-electron chi connectivity index (χ3n) is 4.46. The van der Waals surface area contributed by atoms with Crippen LogP contribution in [0.3, 0.4) is 0 Å². The van der Waals surface area contributed by atoms with Crippen molar-refractivity contribution in [2.24, 2.45) is 13.0 Å². The van der Waals surface area contributed by atoms with Crippen molar-refractivity contribution in [2.45, 2.75) is 20.4 Å². The Bertz CT molecular complexity index is 1220. The number of nitrogens with two attached hydrogens (primary N) is 1. The summed E-state index contributed by atoms with van der Waals surface area (Å²) in [5.41, 5.74) is 4.93. The van der Waals surface area contributed by atoms with Crippen LogP contribution < -0.4 is 17.0 Å². The lowest BCUT2D eigenvalue weighted by Crippen LogP contribution is -2.43. The van der Waals surface area contributed by atoms with Crippen LogP contribution in [0, 0.1) is 5.92 Å². The van der Waals surface area contributed by atoms with Crippen LogP contribution in [0.2, 0.25) is 0 Å². The Balaban J connectivity index is 1.77. The van der Waals surface area contributed by atoms with Crippen molar-refractivity contribution >= 4 is 17.6 Å². The number of Topliss-reactive ketones (excluding diaryl/α,β-unsaturated/α-hetero) is 1. The average Bonchev–Trinajstić information content (AvgIpc) is 3.28. The molecule has 3 rings (SSSR count). The summed E-state index contributed by atoms with van der Waals surface area (Å²) in [6.07, 6.45) is 1.40. The number of rotatable bonds is 7. The van der Waals surface area contributed by atoms with E-state index in [1.54, 1.807) is 12.1 Å². The molecular weight excluding hydrogens is 406 g/mol. The molecule has 31 heavy (non-hydrogen) atoms. The van der Waals surface area contributed by atoms with Gasteiger partial charge in [0.25, 0.3) is 5.56 Å². The Morgan fingerprint density at radius 1 is 1.16 bits per heavy atom. The highest BCUT2D eigenvalue weighted by molar-refractivity contribution is 6.02. The van der Waals surface area contributed by atoms with E-state index in [4.69, 9.17) is 10.5 Å². The zero-order valence-corrected chi connectivity index (χ0v) is 17.2. The Morgan fingerprint density at radius 3 is 2.42 bits per heavy atom. The molecule has 2 aromatic heterocycles. The van der Waals surface area contributed by atoms with E-state index in [1.165, 1.54) is 34.8 Å². The van der Waals surface area contributed by atoms with Crippen LogP contribution in [0.4, 0.5) is 5.82 Å². The number of ether oxygens (including phenoxy) is 1.